The van der Waals surface area contributed by atoms with Gasteiger partial charge in [0.1, 0.15) is 0 Å². The van der Waals surface area contributed by atoms with Crippen LogP contribution in [0.5, 0.6) is 0 Å². The molecule has 0 amide bonds. The lowest BCUT2D eigenvalue weighted by Gasteiger charge is -2.24. The fourth-order valence-electron chi connectivity index (χ4n) is 6.04. The van der Waals surface area contributed by atoms with Crippen molar-refractivity contribution in [1.82, 2.24) is 4.57 Å². The highest BCUT2D eigenvalue weighted by Gasteiger charge is 2.23. The van der Waals surface area contributed by atoms with Crippen molar-refractivity contribution in [3.8, 4) is 40.1 Å². The molecule has 3 heteroatoms. The topological polar surface area (TPSA) is 52.5 Å². The zero-order chi connectivity index (χ0) is 27.3. The highest BCUT2D eigenvalue weighted by Crippen LogP contribution is 2.43. The van der Waals surface area contributed by atoms with Crippen LogP contribution in [0.15, 0.2) is 91.0 Å². The fraction of sp³-hybridized carbons (Fsp3) is 0.111. The Morgan fingerprint density at radius 2 is 1.08 bits per heavy atom. The first-order chi connectivity index (χ1) is 18.9. The number of fused-ring (bicyclic) bond motifs is 3. The third-order valence-electron chi connectivity index (χ3n) is 8.11. The molecule has 39 heavy (non-hydrogen) atoms. The lowest BCUT2D eigenvalue weighted by Crippen LogP contribution is -2.06. The summed E-state index contributed by atoms with van der Waals surface area (Å²) in [4.78, 5) is 0. The number of aromatic nitrogens is 1. The van der Waals surface area contributed by atoms with E-state index in [4.69, 9.17) is 0 Å². The summed E-state index contributed by atoms with van der Waals surface area (Å²) < 4.78 is 2.32. The lowest BCUT2D eigenvalue weighted by molar-refractivity contribution is 1.09. The largest absolute Gasteiger partial charge is 0.309 e. The van der Waals surface area contributed by atoms with Gasteiger partial charge in [-0.3, -0.25) is 0 Å². The summed E-state index contributed by atoms with van der Waals surface area (Å²) in [7, 11) is 0. The van der Waals surface area contributed by atoms with Crippen molar-refractivity contribution >= 4 is 21.8 Å². The van der Waals surface area contributed by atoms with Crippen LogP contribution in [0.4, 0.5) is 0 Å². The molecule has 0 aliphatic carbocycles. The molecule has 5 aromatic carbocycles. The first-order valence-electron chi connectivity index (χ1n) is 13.1. The van der Waals surface area contributed by atoms with Gasteiger partial charge in [-0.05, 0) is 109 Å². The Balaban J connectivity index is 1.75. The molecule has 1 heterocycles. The summed E-state index contributed by atoms with van der Waals surface area (Å²) >= 11 is 0. The van der Waals surface area contributed by atoms with Crippen LogP contribution < -0.4 is 0 Å². The summed E-state index contributed by atoms with van der Waals surface area (Å²) in [6.07, 6.45) is 0. The van der Waals surface area contributed by atoms with Crippen LogP contribution in [-0.4, -0.2) is 4.57 Å². The minimum absolute atomic E-state index is 0.606. The van der Waals surface area contributed by atoms with Crippen molar-refractivity contribution in [2.24, 2.45) is 0 Å². The van der Waals surface area contributed by atoms with Crippen LogP contribution in [0.2, 0.25) is 0 Å². The van der Waals surface area contributed by atoms with E-state index in [0.717, 1.165) is 27.5 Å². The molecule has 186 valence electrons. The van der Waals surface area contributed by atoms with Gasteiger partial charge in [-0.25, -0.2) is 0 Å². The van der Waals surface area contributed by atoms with Crippen molar-refractivity contribution < 1.29 is 0 Å². The van der Waals surface area contributed by atoms with Gasteiger partial charge in [0.05, 0.1) is 40.0 Å². The van der Waals surface area contributed by atoms with Crippen LogP contribution in [-0.2, 0) is 0 Å². The van der Waals surface area contributed by atoms with Gasteiger partial charge in [-0.2, -0.15) is 10.5 Å². The van der Waals surface area contributed by atoms with Crippen LogP contribution in [0.1, 0.15) is 33.4 Å². The van der Waals surface area contributed by atoms with E-state index >= 15 is 0 Å². The zero-order valence-electron chi connectivity index (χ0n) is 22.5. The normalized spacial score (nSPS) is 11.0. The van der Waals surface area contributed by atoms with E-state index in [1.807, 2.05) is 36.4 Å². The van der Waals surface area contributed by atoms with Crippen LogP contribution in [0.25, 0.3) is 49.7 Å². The van der Waals surface area contributed by atoms with Gasteiger partial charge in [0.15, 0.2) is 0 Å². The van der Waals surface area contributed by atoms with Gasteiger partial charge in [0.2, 0.25) is 0 Å². The van der Waals surface area contributed by atoms with Gasteiger partial charge >= 0.3 is 0 Å². The fourth-order valence-corrected chi connectivity index (χ4v) is 6.04. The minimum Gasteiger partial charge on any atom is -0.309 e. The van der Waals surface area contributed by atoms with Crippen molar-refractivity contribution in [1.29, 1.82) is 10.5 Å². The molecule has 0 aliphatic rings. The van der Waals surface area contributed by atoms with Gasteiger partial charge in [0, 0.05) is 10.8 Å². The first kappa shape index (κ1) is 24.2. The van der Waals surface area contributed by atoms with Crippen LogP contribution in [0, 0.1) is 50.4 Å². The van der Waals surface area contributed by atoms with Crippen molar-refractivity contribution in [3.63, 3.8) is 0 Å². The molecule has 6 rings (SSSR count). The monoisotopic (exact) mass is 501 g/mol. The second kappa shape index (κ2) is 9.32. The predicted octanol–water partition coefficient (Wildman–Crippen LogP) is 9.09. The maximum Gasteiger partial charge on any atom is 0.0991 e. The van der Waals surface area contributed by atoms with Crippen molar-refractivity contribution in [2.75, 3.05) is 0 Å². The molecular weight excluding hydrogens is 474 g/mol. The van der Waals surface area contributed by atoms with Crippen LogP contribution in [0.3, 0.4) is 0 Å². The molecule has 0 spiro atoms. The number of nitriles is 2. The maximum absolute atomic E-state index is 9.62. The molecule has 0 saturated heterocycles. The number of hydrogen-bond donors (Lipinski definition) is 0. The molecule has 6 aromatic rings. The molecule has 0 aliphatic heterocycles. The molecule has 0 bridgehead atoms. The summed E-state index contributed by atoms with van der Waals surface area (Å²) in [5.74, 6) is 0. The molecular formula is C36H27N3. The van der Waals surface area contributed by atoms with E-state index in [0.29, 0.717) is 11.1 Å². The summed E-state index contributed by atoms with van der Waals surface area (Å²) in [5, 5.41) is 21.2. The van der Waals surface area contributed by atoms with E-state index in [-0.39, 0.29) is 0 Å². The standard InChI is InChI=1S/C36H27N3/c1-22-23(2)35(30-13-9-8-12-29(30)28-10-6-5-7-11-28)25(4)36(24(22)3)39-33-16-14-26(20-37)18-31(33)32-19-27(21-38)15-17-34(32)39/h5-19H,1-4H3. The first-order valence-corrected chi connectivity index (χ1v) is 13.1. The Morgan fingerprint density at radius 1 is 0.538 bits per heavy atom. The average molecular weight is 502 g/mol. The quantitative estimate of drug-likeness (QED) is 0.243. The minimum atomic E-state index is 0.606. The molecule has 3 nitrogen and oxygen atoms in total. The average Bonchev–Trinajstić information content (AvgIpc) is 3.29. The Morgan fingerprint density at radius 3 is 1.64 bits per heavy atom. The van der Waals surface area contributed by atoms with E-state index in [1.165, 1.54) is 44.5 Å². The highest BCUT2D eigenvalue weighted by molar-refractivity contribution is 6.10. The lowest BCUT2D eigenvalue weighted by atomic mass is 9.85. The Kier molecular flexibility index (Phi) is 5.79. The maximum atomic E-state index is 9.62. The zero-order valence-corrected chi connectivity index (χ0v) is 22.5. The van der Waals surface area contributed by atoms with E-state index in [1.54, 1.807) is 0 Å². The van der Waals surface area contributed by atoms with Crippen LogP contribution >= 0.6 is 0 Å². The summed E-state index contributed by atoms with van der Waals surface area (Å²) in [6.45, 7) is 8.84. The third-order valence-corrected chi connectivity index (χ3v) is 8.11. The van der Waals surface area contributed by atoms with E-state index in [9.17, 15) is 10.5 Å². The van der Waals surface area contributed by atoms with Gasteiger partial charge in [0.25, 0.3) is 0 Å². The van der Waals surface area contributed by atoms with E-state index < -0.39 is 0 Å². The van der Waals surface area contributed by atoms with Gasteiger partial charge in [-0.15, -0.1) is 0 Å². The number of rotatable bonds is 3. The van der Waals surface area contributed by atoms with Gasteiger partial charge < -0.3 is 4.57 Å². The summed E-state index contributed by atoms with van der Waals surface area (Å²) in [6, 6.07) is 35.4. The number of hydrogen-bond acceptors (Lipinski definition) is 2. The molecule has 0 unspecified atom stereocenters. The smallest absolute Gasteiger partial charge is 0.0991 e. The second-order valence-corrected chi connectivity index (χ2v) is 10.2. The Bertz CT molecular complexity index is 1940. The number of benzene rings is 5. The predicted molar refractivity (Wildman–Crippen MR) is 160 cm³/mol. The SMILES string of the molecule is Cc1c(C)c(-c2ccccc2-c2ccccc2)c(C)c(-n2c3ccc(C#N)cc3c3cc(C#N)ccc32)c1C. The summed E-state index contributed by atoms with van der Waals surface area (Å²) in [5.41, 5.74) is 14.2. The second-order valence-electron chi connectivity index (χ2n) is 10.2. The molecule has 0 saturated carbocycles. The third kappa shape index (κ3) is 3.71. The van der Waals surface area contributed by atoms with Gasteiger partial charge in [-0.1, -0.05) is 54.6 Å². The molecule has 0 atom stereocenters. The molecule has 0 N–H and O–H groups in total. The van der Waals surface area contributed by atoms with Crippen molar-refractivity contribution in [3.05, 3.63) is 124 Å². The molecule has 1 aromatic heterocycles. The van der Waals surface area contributed by atoms with Crippen molar-refractivity contribution in [2.45, 2.75) is 27.7 Å². The molecule has 0 fully saturated rings. The van der Waals surface area contributed by atoms with E-state index in [2.05, 4.69) is 99.0 Å². The number of nitrogens with zero attached hydrogens (tertiary/aromatic N) is 3. The Hall–Kier alpha value is -5.12. The Labute approximate surface area is 228 Å². The molecule has 0 radical (unpaired) electrons. The highest BCUT2D eigenvalue weighted by atomic mass is 15.0.